The minimum atomic E-state index is -2.90. The second-order valence-electron chi connectivity index (χ2n) is 4.49. The van der Waals surface area contributed by atoms with Crippen LogP contribution in [-0.2, 0) is 9.84 Å². The largest absolute Gasteiger partial charge is 0.381 e. The molecule has 1 aromatic rings. The molecule has 1 saturated heterocycles. The highest BCUT2D eigenvalue weighted by molar-refractivity contribution is 7.91. The van der Waals surface area contributed by atoms with Gasteiger partial charge in [-0.15, -0.1) is 0 Å². The predicted octanol–water partition coefficient (Wildman–Crippen LogP) is 2.24. The summed E-state index contributed by atoms with van der Waals surface area (Å²) in [4.78, 5) is 10.1. The summed E-state index contributed by atoms with van der Waals surface area (Å²) in [6.45, 7) is 0. The molecule has 0 radical (unpaired) electrons. The summed E-state index contributed by atoms with van der Waals surface area (Å²) >= 11 is 5.96. The second-order valence-corrected chi connectivity index (χ2v) is 7.20. The van der Waals surface area contributed by atoms with Crippen LogP contribution in [0.4, 0.5) is 11.4 Å². The molecule has 0 bridgehead atoms. The highest BCUT2D eigenvalue weighted by Crippen LogP contribution is 2.28. The molecule has 0 aliphatic carbocycles. The Bertz CT molecular complexity index is 589. The standard InChI is InChI=1S/C11H13ClN2O4S/c12-10-7-9(14(15)16)1-2-11(10)13-8-3-5-19(17,18)6-4-8/h1-2,7-8,13H,3-6H2. The van der Waals surface area contributed by atoms with E-state index < -0.39 is 14.8 Å². The molecule has 1 aliphatic heterocycles. The molecular formula is C11H13ClN2O4S. The number of nitro benzene ring substituents is 1. The van der Waals surface area contributed by atoms with Crippen LogP contribution in [0.2, 0.25) is 5.02 Å². The van der Waals surface area contributed by atoms with Crippen LogP contribution < -0.4 is 5.32 Å². The molecule has 104 valence electrons. The first-order valence-electron chi connectivity index (χ1n) is 5.78. The van der Waals surface area contributed by atoms with Gasteiger partial charge in [-0.05, 0) is 18.9 Å². The molecule has 0 saturated carbocycles. The van der Waals surface area contributed by atoms with Crippen molar-refractivity contribution >= 4 is 32.8 Å². The Labute approximate surface area is 115 Å². The fourth-order valence-electron chi connectivity index (χ4n) is 1.99. The Morgan fingerprint density at radius 2 is 1.95 bits per heavy atom. The number of benzene rings is 1. The Morgan fingerprint density at radius 3 is 2.47 bits per heavy atom. The van der Waals surface area contributed by atoms with Crippen molar-refractivity contribution in [1.29, 1.82) is 0 Å². The summed E-state index contributed by atoms with van der Waals surface area (Å²) in [5.41, 5.74) is 0.526. The summed E-state index contributed by atoms with van der Waals surface area (Å²) < 4.78 is 22.6. The zero-order valence-electron chi connectivity index (χ0n) is 10.0. The first kappa shape index (κ1) is 14.1. The van der Waals surface area contributed by atoms with E-state index in [9.17, 15) is 18.5 Å². The van der Waals surface area contributed by atoms with Gasteiger partial charge >= 0.3 is 0 Å². The van der Waals surface area contributed by atoms with Gasteiger partial charge in [-0.3, -0.25) is 10.1 Å². The minimum absolute atomic E-state index is 0.0301. The monoisotopic (exact) mass is 304 g/mol. The Hall–Kier alpha value is -1.34. The number of halogens is 1. The smallest absolute Gasteiger partial charge is 0.271 e. The number of hydrogen-bond donors (Lipinski definition) is 1. The lowest BCUT2D eigenvalue weighted by Crippen LogP contribution is -2.32. The molecule has 0 atom stereocenters. The van der Waals surface area contributed by atoms with E-state index >= 15 is 0 Å². The molecule has 1 fully saturated rings. The van der Waals surface area contributed by atoms with Gasteiger partial charge in [0.25, 0.3) is 5.69 Å². The van der Waals surface area contributed by atoms with Crippen LogP contribution in [-0.4, -0.2) is 30.9 Å². The van der Waals surface area contributed by atoms with Crippen molar-refractivity contribution in [2.75, 3.05) is 16.8 Å². The van der Waals surface area contributed by atoms with E-state index in [4.69, 9.17) is 11.6 Å². The van der Waals surface area contributed by atoms with Crippen LogP contribution >= 0.6 is 11.6 Å². The highest BCUT2D eigenvalue weighted by atomic mass is 35.5. The lowest BCUT2D eigenvalue weighted by atomic mass is 10.1. The van der Waals surface area contributed by atoms with Crippen LogP contribution in [0.25, 0.3) is 0 Å². The number of non-ortho nitro benzene ring substituents is 1. The second kappa shape index (κ2) is 5.34. The first-order valence-corrected chi connectivity index (χ1v) is 7.98. The molecule has 1 heterocycles. The van der Waals surface area contributed by atoms with Gasteiger partial charge in [-0.1, -0.05) is 11.6 Å². The fraction of sp³-hybridized carbons (Fsp3) is 0.455. The quantitative estimate of drug-likeness (QED) is 0.683. The predicted molar refractivity (Wildman–Crippen MR) is 73.4 cm³/mol. The average Bonchev–Trinajstić information content (AvgIpc) is 2.34. The van der Waals surface area contributed by atoms with Crippen molar-refractivity contribution in [2.45, 2.75) is 18.9 Å². The van der Waals surface area contributed by atoms with Crippen molar-refractivity contribution in [3.05, 3.63) is 33.3 Å². The molecule has 1 aliphatic rings. The van der Waals surface area contributed by atoms with Crippen molar-refractivity contribution in [2.24, 2.45) is 0 Å². The minimum Gasteiger partial charge on any atom is -0.381 e. The van der Waals surface area contributed by atoms with Crippen molar-refractivity contribution in [3.8, 4) is 0 Å². The van der Waals surface area contributed by atoms with Gasteiger partial charge in [0, 0.05) is 18.2 Å². The molecule has 2 rings (SSSR count). The van der Waals surface area contributed by atoms with Gasteiger partial charge in [0.1, 0.15) is 9.84 Å². The number of nitro groups is 1. The number of anilines is 1. The van der Waals surface area contributed by atoms with E-state index in [2.05, 4.69) is 5.32 Å². The van der Waals surface area contributed by atoms with Crippen molar-refractivity contribution in [3.63, 3.8) is 0 Å². The molecule has 0 amide bonds. The number of hydrogen-bond acceptors (Lipinski definition) is 5. The van der Waals surface area contributed by atoms with Gasteiger partial charge in [-0.2, -0.15) is 0 Å². The summed E-state index contributed by atoms with van der Waals surface area (Å²) in [5, 5.41) is 14.0. The summed E-state index contributed by atoms with van der Waals surface area (Å²) in [6, 6.07) is 4.23. The first-order chi connectivity index (χ1) is 8.87. The van der Waals surface area contributed by atoms with Gasteiger partial charge in [0.2, 0.25) is 0 Å². The molecule has 8 heteroatoms. The third-order valence-corrected chi connectivity index (χ3v) is 5.11. The van der Waals surface area contributed by atoms with E-state index in [1.807, 2.05) is 0 Å². The van der Waals surface area contributed by atoms with Crippen molar-refractivity contribution in [1.82, 2.24) is 0 Å². The van der Waals surface area contributed by atoms with Gasteiger partial charge in [-0.25, -0.2) is 8.42 Å². The zero-order valence-corrected chi connectivity index (χ0v) is 11.6. The van der Waals surface area contributed by atoms with E-state index in [0.29, 0.717) is 18.5 Å². The van der Waals surface area contributed by atoms with Crippen LogP contribution in [0.3, 0.4) is 0 Å². The van der Waals surface area contributed by atoms with E-state index in [1.54, 1.807) is 6.07 Å². The molecule has 0 spiro atoms. The molecular weight excluding hydrogens is 292 g/mol. The van der Waals surface area contributed by atoms with Gasteiger partial charge in [0.15, 0.2) is 0 Å². The van der Waals surface area contributed by atoms with Crippen LogP contribution in [0.15, 0.2) is 18.2 Å². The number of rotatable bonds is 3. The SMILES string of the molecule is O=[N+]([O-])c1ccc(NC2CCS(=O)(=O)CC2)c(Cl)c1. The lowest BCUT2D eigenvalue weighted by molar-refractivity contribution is -0.384. The molecule has 0 unspecified atom stereocenters. The van der Waals surface area contributed by atoms with Crippen LogP contribution in [0, 0.1) is 10.1 Å². The van der Waals surface area contributed by atoms with Gasteiger partial charge < -0.3 is 5.32 Å². The summed E-state index contributed by atoms with van der Waals surface area (Å²) in [6.07, 6.45) is 1.05. The molecule has 1 aromatic carbocycles. The van der Waals surface area contributed by atoms with Crippen molar-refractivity contribution < 1.29 is 13.3 Å². The Kier molecular flexibility index (Phi) is 3.96. The summed E-state index contributed by atoms with van der Waals surface area (Å²) in [5.74, 6) is 0.324. The van der Waals surface area contributed by atoms with E-state index in [0.717, 1.165) is 0 Å². The Morgan fingerprint density at radius 1 is 1.32 bits per heavy atom. The average molecular weight is 305 g/mol. The fourth-order valence-corrected chi connectivity index (χ4v) is 3.71. The Balaban J connectivity index is 2.06. The number of nitrogens with zero attached hydrogens (tertiary/aromatic N) is 1. The molecule has 1 N–H and O–H groups in total. The molecule has 0 aromatic heterocycles. The normalized spacial score (nSPS) is 19.0. The third kappa shape index (κ3) is 3.57. The number of sulfone groups is 1. The topological polar surface area (TPSA) is 89.3 Å². The third-order valence-electron chi connectivity index (χ3n) is 3.08. The lowest BCUT2D eigenvalue weighted by Gasteiger charge is -2.24. The number of nitrogens with one attached hydrogen (secondary N) is 1. The van der Waals surface area contributed by atoms with E-state index in [1.165, 1.54) is 12.1 Å². The maximum Gasteiger partial charge on any atom is 0.271 e. The van der Waals surface area contributed by atoms with Crippen LogP contribution in [0.1, 0.15) is 12.8 Å². The maximum atomic E-state index is 11.3. The molecule has 19 heavy (non-hydrogen) atoms. The molecule has 6 nitrogen and oxygen atoms in total. The van der Waals surface area contributed by atoms with Gasteiger partial charge in [0.05, 0.1) is 27.1 Å². The maximum absolute atomic E-state index is 11.3. The zero-order chi connectivity index (χ0) is 14.0. The van der Waals surface area contributed by atoms with E-state index in [-0.39, 0.29) is 28.3 Å². The van der Waals surface area contributed by atoms with Crippen LogP contribution in [0.5, 0.6) is 0 Å². The summed E-state index contributed by atoms with van der Waals surface area (Å²) in [7, 11) is -2.90. The highest BCUT2D eigenvalue weighted by Gasteiger charge is 2.24.